The summed E-state index contributed by atoms with van der Waals surface area (Å²) in [5.41, 5.74) is 2.41. The van der Waals surface area contributed by atoms with E-state index in [0.29, 0.717) is 17.8 Å². The number of rotatable bonds is 3. The number of carbonyl (C=O) groups excluding carboxylic acids is 2. The number of para-hydroxylation sites is 1. The molecule has 33 heavy (non-hydrogen) atoms. The Bertz CT molecular complexity index is 1250. The fourth-order valence-electron chi connectivity index (χ4n) is 4.51. The number of hydrogen-bond donors (Lipinski definition) is 0. The van der Waals surface area contributed by atoms with Crippen LogP contribution in [-0.4, -0.2) is 57.6 Å². The summed E-state index contributed by atoms with van der Waals surface area (Å²) in [5.74, 6) is -3.15. The molecule has 5 rings (SSSR count). The van der Waals surface area contributed by atoms with Crippen LogP contribution in [0, 0.1) is 17.5 Å². The van der Waals surface area contributed by atoms with Crippen LogP contribution >= 0.6 is 0 Å². The first-order chi connectivity index (χ1) is 15.9. The second-order valence-corrected chi connectivity index (χ2v) is 8.20. The van der Waals surface area contributed by atoms with E-state index in [2.05, 4.69) is 5.10 Å². The fourth-order valence-corrected chi connectivity index (χ4v) is 4.51. The van der Waals surface area contributed by atoms with Gasteiger partial charge in [-0.15, -0.1) is 0 Å². The number of piperazine rings is 1. The zero-order valence-corrected chi connectivity index (χ0v) is 17.7. The zero-order valence-electron chi connectivity index (χ0n) is 17.7. The highest BCUT2D eigenvalue weighted by molar-refractivity contribution is 5.96. The van der Waals surface area contributed by atoms with Gasteiger partial charge in [0.2, 0.25) is 0 Å². The zero-order chi connectivity index (χ0) is 23.1. The standard InChI is InChI=1S/C24H21F3N4O2/c25-17-9-8-15(14-19(17)27)23(32)29-10-12-30(13-11-29)24(33)22-16-4-3-7-20(16)31(28-22)21-6-2-1-5-18(21)26/h1-2,5-6,8-9,14H,3-4,7,10-13H2. The molecule has 0 saturated carbocycles. The quantitative estimate of drug-likeness (QED) is 0.610. The lowest BCUT2D eigenvalue weighted by Gasteiger charge is -2.34. The molecule has 0 spiro atoms. The van der Waals surface area contributed by atoms with Crippen molar-refractivity contribution < 1.29 is 22.8 Å². The summed E-state index contributed by atoms with van der Waals surface area (Å²) < 4.78 is 42.6. The molecular formula is C24H21F3N4O2. The van der Waals surface area contributed by atoms with Crippen molar-refractivity contribution in [2.75, 3.05) is 26.2 Å². The molecule has 0 unspecified atom stereocenters. The van der Waals surface area contributed by atoms with Crippen LogP contribution < -0.4 is 0 Å². The van der Waals surface area contributed by atoms with Crippen molar-refractivity contribution in [2.45, 2.75) is 19.3 Å². The van der Waals surface area contributed by atoms with Gasteiger partial charge in [0, 0.05) is 43.0 Å². The van der Waals surface area contributed by atoms with Crippen molar-refractivity contribution in [1.82, 2.24) is 19.6 Å². The summed E-state index contributed by atoms with van der Waals surface area (Å²) in [5, 5.41) is 4.49. The van der Waals surface area contributed by atoms with Gasteiger partial charge in [0.1, 0.15) is 11.5 Å². The summed E-state index contributed by atoms with van der Waals surface area (Å²) >= 11 is 0. The van der Waals surface area contributed by atoms with Crippen LogP contribution in [0.4, 0.5) is 13.2 Å². The molecule has 0 N–H and O–H groups in total. The lowest BCUT2D eigenvalue weighted by atomic mass is 10.1. The third-order valence-corrected chi connectivity index (χ3v) is 6.23. The average molecular weight is 454 g/mol. The number of hydrogen-bond acceptors (Lipinski definition) is 3. The maximum absolute atomic E-state index is 14.4. The minimum absolute atomic E-state index is 0.0649. The third-order valence-electron chi connectivity index (χ3n) is 6.23. The van der Waals surface area contributed by atoms with E-state index in [9.17, 15) is 22.8 Å². The van der Waals surface area contributed by atoms with Crippen LogP contribution in [0.1, 0.15) is 38.5 Å². The molecular weight excluding hydrogens is 433 g/mol. The highest BCUT2D eigenvalue weighted by Gasteiger charge is 2.32. The molecule has 1 aliphatic heterocycles. The maximum Gasteiger partial charge on any atom is 0.274 e. The van der Waals surface area contributed by atoms with E-state index in [0.717, 1.165) is 36.2 Å². The van der Waals surface area contributed by atoms with E-state index >= 15 is 0 Å². The van der Waals surface area contributed by atoms with E-state index in [1.165, 1.54) is 21.7 Å². The SMILES string of the molecule is O=C(c1ccc(F)c(F)c1)N1CCN(C(=O)c2nn(-c3ccccc3F)c3c2CCC3)CC1. The minimum Gasteiger partial charge on any atom is -0.335 e. The van der Waals surface area contributed by atoms with Crippen LogP contribution in [-0.2, 0) is 12.8 Å². The summed E-state index contributed by atoms with van der Waals surface area (Å²) in [4.78, 5) is 29.1. The molecule has 2 heterocycles. The van der Waals surface area contributed by atoms with Crippen LogP contribution in [0.3, 0.4) is 0 Å². The molecule has 9 heteroatoms. The predicted molar refractivity (Wildman–Crippen MR) is 114 cm³/mol. The van der Waals surface area contributed by atoms with Gasteiger partial charge in [-0.05, 0) is 49.6 Å². The number of carbonyl (C=O) groups is 2. The normalized spacial score (nSPS) is 15.6. The molecule has 1 fully saturated rings. The fraction of sp³-hybridized carbons (Fsp3) is 0.292. The largest absolute Gasteiger partial charge is 0.335 e. The molecule has 1 aromatic heterocycles. The summed E-state index contributed by atoms with van der Waals surface area (Å²) in [6, 6.07) is 9.39. The number of amides is 2. The van der Waals surface area contributed by atoms with Gasteiger partial charge < -0.3 is 9.80 Å². The van der Waals surface area contributed by atoms with Crippen molar-refractivity contribution in [3.8, 4) is 5.69 Å². The highest BCUT2D eigenvalue weighted by atomic mass is 19.2. The second-order valence-electron chi connectivity index (χ2n) is 8.20. The Morgan fingerprint density at radius 1 is 0.788 bits per heavy atom. The van der Waals surface area contributed by atoms with Crippen molar-refractivity contribution in [3.05, 3.63) is 82.4 Å². The monoisotopic (exact) mass is 454 g/mol. The molecule has 2 aliphatic rings. The Labute approximate surface area is 188 Å². The first kappa shape index (κ1) is 21.2. The van der Waals surface area contributed by atoms with E-state index in [1.54, 1.807) is 23.1 Å². The molecule has 1 aliphatic carbocycles. The lowest BCUT2D eigenvalue weighted by Crippen LogP contribution is -2.50. The third kappa shape index (κ3) is 3.77. The van der Waals surface area contributed by atoms with E-state index in [-0.39, 0.29) is 37.6 Å². The Hall–Kier alpha value is -3.62. The van der Waals surface area contributed by atoms with Gasteiger partial charge in [0.05, 0.1) is 0 Å². The Morgan fingerprint density at radius 2 is 1.48 bits per heavy atom. The topological polar surface area (TPSA) is 58.4 Å². The van der Waals surface area contributed by atoms with Crippen LogP contribution in [0.2, 0.25) is 0 Å². The number of fused-ring (bicyclic) bond motifs is 1. The van der Waals surface area contributed by atoms with E-state index < -0.39 is 23.4 Å². The molecule has 170 valence electrons. The Balaban J connectivity index is 1.33. The van der Waals surface area contributed by atoms with Gasteiger partial charge in [-0.2, -0.15) is 5.10 Å². The Kier molecular flexibility index (Phi) is 5.39. The molecule has 2 aromatic carbocycles. The molecule has 0 radical (unpaired) electrons. The summed E-state index contributed by atoms with van der Waals surface area (Å²) in [6.45, 7) is 1.10. The van der Waals surface area contributed by atoms with Gasteiger partial charge in [-0.3, -0.25) is 9.59 Å². The first-order valence-electron chi connectivity index (χ1n) is 10.8. The van der Waals surface area contributed by atoms with Crippen LogP contribution in [0.15, 0.2) is 42.5 Å². The van der Waals surface area contributed by atoms with E-state index in [4.69, 9.17) is 0 Å². The lowest BCUT2D eigenvalue weighted by molar-refractivity contribution is 0.0531. The van der Waals surface area contributed by atoms with Crippen molar-refractivity contribution >= 4 is 11.8 Å². The van der Waals surface area contributed by atoms with Gasteiger partial charge in [-0.1, -0.05) is 12.1 Å². The molecule has 2 amide bonds. The van der Waals surface area contributed by atoms with Gasteiger partial charge >= 0.3 is 0 Å². The van der Waals surface area contributed by atoms with Gasteiger partial charge in [0.15, 0.2) is 17.3 Å². The Morgan fingerprint density at radius 3 is 2.18 bits per heavy atom. The highest BCUT2D eigenvalue weighted by Crippen LogP contribution is 2.29. The number of aromatic nitrogens is 2. The van der Waals surface area contributed by atoms with Crippen molar-refractivity contribution in [2.24, 2.45) is 0 Å². The second kappa shape index (κ2) is 8.38. The van der Waals surface area contributed by atoms with E-state index in [1.807, 2.05) is 0 Å². The van der Waals surface area contributed by atoms with Gasteiger partial charge in [0.25, 0.3) is 11.8 Å². The van der Waals surface area contributed by atoms with Crippen LogP contribution in [0.25, 0.3) is 5.69 Å². The first-order valence-corrected chi connectivity index (χ1v) is 10.8. The van der Waals surface area contributed by atoms with Crippen LogP contribution in [0.5, 0.6) is 0 Å². The molecule has 3 aromatic rings. The number of nitrogens with zero attached hydrogens (tertiary/aromatic N) is 4. The molecule has 0 atom stereocenters. The molecule has 6 nitrogen and oxygen atoms in total. The smallest absolute Gasteiger partial charge is 0.274 e. The average Bonchev–Trinajstić information content (AvgIpc) is 3.44. The summed E-state index contributed by atoms with van der Waals surface area (Å²) in [7, 11) is 0. The summed E-state index contributed by atoms with van der Waals surface area (Å²) in [6.07, 6.45) is 2.30. The maximum atomic E-state index is 14.4. The predicted octanol–water partition coefficient (Wildman–Crippen LogP) is 3.38. The van der Waals surface area contributed by atoms with Gasteiger partial charge in [-0.25, -0.2) is 17.9 Å². The van der Waals surface area contributed by atoms with Crippen molar-refractivity contribution in [3.63, 3.8) is 0 Å². The number of benzene rings is 2. The minimum atomic E-state index is -1.08. The molecule has 1 saturated heterocycles. The number of halogens is 3. The van der Waals surface area contributed by atoms with Crippen molar-refractivity contribution in [1.29, 1.82) is 0 Å². The molecule has 0 bridgehead atoms.